The summed E-state index contributed by atoms with van der Waals surface area (Å²) < 4.78 is 2.62. The average molecular weight is 268 g/mol. The maximum atomic E-state index is 11.2. The molecule has 0 aliphatic carbocycles. The summed E-state index contributed by atoms with van der Waals surface area (Å²) in [6.45, 7) is 3.01. The minimum absolute atomic E-state index is 0.0535. The summed E-state index contributed by atoms with van der Waals surface area (Å²) in [5, 5.41) is 0. The zero-order chi connectivity index (χ0) is 8.27. The SMILES string of the molecule is CC1CCCCN1C(=O)NI. The first kappa shape index (κ1) is 9.09. The maximum Gasteiger partial charge on any atom is 0.326 e. The van der Waals surface area contributed by atoms with Gasteiger partial charge in [-0.2, -0.15) is 0 Å². The van der Waals surface area contributed by atoms with Gasteiger partial charge in [0.15, 0.2) is 0 Å². The number of amides is 2. The van der Waals surface area contributed by atoms with Crippen LogP contribution in [0.15, 0.2) is 0 Å². The van der Waals surface area contributed by atoms with Crippen molar-refractivity contribution in [1.82, 2.24) is 8.43 Å². The standard InChI is InChI=1S/C7H13IN2O/c1-6-4-2-3-5-10(6)7(11)9-8/h6H,2-5H2,1H3,(H,9,11). The molecule has 0 spiro atoms. The third kappa shape index (κ3) is 2.21. The van der Waals surface area contributed by atoms with Crippen LogP contribution in [0.5, 0.6) is 0 Å². The van der Waals surface area contributed by atoms with Crippen LogP contribution in [0.1, 0.15) is 26.2 Å². The Morgan fingerprint density at radius 2 is 2.36 bits per heavy atom. The highest BCUT2D eigenvalue weighted by Gasteiger charge is 2.21. The quantitative estimate of drug-likeness (QED) is 0.528. The summed E-state index contributed by atoms with van der Waals surface area (Å²) in [7, 11) is 0. The molecule has 0 aromatic heterocycles. The lowest BCUT2D eigenvalue weighted by Gasteiger charge is -2.32. The van der Waals surface area contributed by atoms with Gasteiger partial charge in [0.1, 0.15) is 0 Å². The van der Waals surface area contributed by atoms with Crippen LogP contribution < -0.4 is 3.53 Å². The van der Waals surface area contributed by atoms with Crippen molar-refractivity contribution in [1.29, 1.82) is 0 Å². The first-order valence-corrected chi connectivity index (χ1v) is 5.01. The van der Waals surface area contributed by atoms with E-state index in [0.29, 0.717) is 6.04 Å². The Hall–Kier alpha value is 0. The number of carbonyl (C=O) groups excluding carboxylic acids is 1. The Bertz CT molecular complexity index is 151. The van der Waals surface area contributed by atoms with Crippen LogP contribution in [0.25, 0.3) is 0 Å². The molecule has 1 aliphatic heterocycles. The molecule has 1 heterocycles. The second-order valence-corrected chi connectivity index (χ2v) is 3.48. The molecule has 1 fully saturated rings. The molecular weight excluding hydrogens is 255 g/mol. The molecule has 1 aliphatic rings. The molecule has 3 nitrogen and oxygen atoms in total. The topological polar surface area (TPSA) is 32.3 Å². The normalized spacial score (nSPS) is 24.9. The first-order valence-electron chi connectivity index (χ1n) is 3.93. The van der Waals surface area contributed by atoms with Gasteiger partial charge in [-0.15, -0.1) is 0 Å². The molecule has 2 amide bonds. The van der Waals surface area contributed by atoms with Gasteiger partial charge >= 0.3 is 6.03 Å². The van der Waals surface area contributed by atoms with Gasteiger partial charge in [-0.05, 0) is 26.2 Å². The van der Waals surface area contributed by atoms with Gasteiger partial charge in [0, 0.05) is 12.6 Å². The largest absolute Gasteiger partial charge is 0.326 e. The van der Waals surface area contributed by atoms with Crippen molar-refractivity contribution in [2.45, 2.75) is 32.2 Å². The molecule has 1 saturated heterocycles. The number of nitrogens with one attached hydrogen (secondary N) is 1. The Morgan fingerprint density at radius 3 is 2.91 bits per heavy atom. The number of nitrogens with zero attached hydrogens (tertiary/aromatic N) is 1. The third-order valence-electron chi connectivity index (χ3n) is 2.14. The van der Waals surface area contributed by atoms with E-state index in [1.807, 2.05) is 27.8 Å². The number of likely N-dealkylation sites (tertiary alicyclic amines) is 1. The lowest BCUT2D eigenvalue weighted by Crippen LogP contribution is -2.44. The van der Waals surface area contributed by atoms with Crippen LogP contribution in [0, 0.1) is 0 Å². The van der Waals surface area contributed by atoms with Gasteiger partial charge in [0.05, 0.1) is 22.9 Å². The van der Waals surface area contributed by atoms with Gasteiger partial charge in [-0.1, -0.05) is 0 Å². The highest BCUT2D eigenvalue weighted by molar-refractivity contribution is 14.1. The number of rotatable bonds is 0. The Kier molecular flexibility index (Phi) is 3.42. The van der Waals surface area contributed by atoms with Gasteiger partial charge in [-0.25, -0.2) is 4.79 Å². The summed E-state index contributed by atoms with van der Waals surface area (Å²) in [5.41, 5.74) is 0. The number of hydrogen-bond donors (Lipinski definition) is 1. The van der Waals surface area contributed by atoms with Crippen LogP contribution in [-0.2, 0) is 0 Å². The summed E-state index contributed by atoms with van der Waals surface area (Å²) in [4.78, 5) is 13.1. The van der Waals surface area contributed by atoms with Gasteiger partial charge in [0.2, 0.25) is 0 Å². The molecule has 11 heavy (non-hydrogen) atoms. The number of hydrogen-bond acceptors (Lipinski definition) is 1. The monoisotopic (exact) mass is 268 g/mol. The van der Waals surface area contributed by atoms with Crippen molar-refractivity contribution < 1.29 is 4.79 Å². The van der Waals surface area contributed by atoms with Crippen LogP contribution in [-0.4, -0.2) is 23.5 Å². The number of carbonyl (C=O) groups is 1. The van der Waals surface area contributed by atoms with Gasteiger partial charge in [-0.3, -0.25) is 3.53 Å². The molecule has 1 unspecified atom stereocenters. The summed E-state index contributed by atoms with van der Waals surface area (Å²) in [6, 6.07) is 0.469. The number of urea groups is 1. The molecule has 0 radical (unpaired) electrons. The van der Waals surface area contributed by atoms with Crippen molar-refractivity contribution in [2.24, 2.45) is 0 Å². The van der Waals surface area contributed by atoms with Crippen LogP contribution >= 0.6 is 22.9 Å². The lowest BCUT2D eigenvalue weighted by molar-refractivity contribution is 0.165. The van der Waals surface area contributed by atoms with E-state index in [1.54, 1.807) is 0 Å². The first-order chi connectivity index (χ1) is 5.25. The zero-order valence-electron chi connectivity index (χ0n) is 6.64. The van der Waals surface area contributed by atoms with Crippen molar-refractivity contribution in [3.05, 3.63) is 0 Å². The molecule has 0 saturated carbocycles. The molecule has 1 atom stereocenters. The fourth-order valence-corrected chi connectivity index (χ4v) is 1.76. The van der Waals surface area contributed by atoms with E-state index in [2.05, 4.69) is 10.5 Å². The second kappa shape index (κ2) is 4.13. The Balaban J connectivity index is 2.47. The van der Waals surface area contributed by atoms with E-state index < -0.39 is 0 Å². The molecule has 4 heteroatoms. The lowest BCUT2D eigenvalue weighted by atomic mass is 10.0. The molecule has 64 valence electrons. The number of piperidine rings is 1. The van der Waals surface area contributed by atoms with E-state index in [9.17, 15) is 4.79 Å². The minimum Gasteiger partial charge on any atom is -0.322 e. The fraction of sp³-hybridized carbons (Fsp3) is 0.857. The van der Waals surface area contributed by atoms with Crippen LogP contribution in [0.3, 0.4) is 0 Å². The summed E-state index contributed by atoms with van der Waals surface area (Å²) in [6.07, 6.45) is 3.55. The van der Waals surface area contributed by atoms with Crippen molar-refractivity contribution in [3.63, 3.8) is 0 Å². The van der Waals surface area contributed by atoms with Crippen LogP contribution in [0.2, 0.25) is 0 Å². The Morgan fingerprint density at radius 1 is 1.64 bits per heavy atom. The average Bonchev–Trinajstić information content (AvgIpc) is 2.04. The minimum atomic E-state index is 0.0535. The second-order valence-electron chi connectivity index (χ2n) is 2.94. The highest BCUT2D eigenvalue weighted by atomic mass is 127. The molecule has 0 bridgehead atoms. The molecule has 1 rings (SSSR count). The number of halogens is 1. The smallest absolute Gasteiger partial charge is 0.322 e. The van der Waals surface area contributed by atoms with E-state index in [-0.39, 0.29) is 6.03 Å². The fourth-order valence-electron chi connectivity index (χ4n) is 1.45. The van der Waals surface area contributed by atoms with Gasteiger partial charge < -0.3 is 4.90 Å². The van der Waals surface area contributed by atoms with Crippen molar-refractivity contribution >= 4 is 28.9 Å². The van der Waals surface area contributed by atoms with Crippen molar-refractivity contribution in [2.75, 3.05) is 6.54 Å². The van der Waals surface area contributed by atoms with E-state index in [1.165, 1.54) is 6.42 Å². The van der Waals surface area contributed by atoms with Gasteiger partial charge in [0.25, 0.3) is 0 Å². The van der Waals surface area contributed by atoms with E-state index >= 15 is 0 Å². The Labute approximate surface area is 81.0 Å². The predicted molar refractivity (Wildman–Crippen MR) is 52.6 cm³/mol. The maximum absolute atomic E-state index is 11.2. The molecule has 0 aromatic rings. The zero-order valence-corrected chi connectivity index (χ0v) is 8.80. The molecular formula is C7H13IN2O. The highest BCUT2D eigenvalue weighted by Crippen LogP contribution is 2.16. The van der Waals surface area contributed by atoms with Crippen LogP contribution in [0.4, 0.5) is 4.79 Å². The molecule has 0 aromatic carbocycles. The predicted octanol–water partition coefficient (Wildman–Crippen LogP) is 1.92. The molecule has 1 N–H and O–H groups in total. The van der Waals surface area contributed by atoms with E-state index in [0.717, 1.165) is 19.4 Å². The van der Waals surface area contributed by atoms with Crippen molar-refractivity contribution in [3.8, 4) is 0 Å². The summed E-state index contributed by atoms with van der Waals surface area (Å²) >= 11 is 1.88. The van der Waals surface area contributed by atoms with E-state index in [4.69, 9.17) is 0 Å². The third-order valence-corrected chi connectivity index (χ3v) is 2.61. The summed E-state index contributed by atoms with van der Waals surface area (Å²) in [5.74, 6) is 0.